The van der Waals surface area contributed by atoms with Crippen molar-refractivity contribution in [1.29, 1.82) is 0 Å². The first-order valence-electron chi connectivity index (χ1n) is 7.37. The van der Waals surface area contributed by atoms with Crippen LogP contribution in [-0.4, -0.2) is 11.5 Å². The third-order valence-electron chi connectivity index (χ3n) is 3.47. The van der Waals surface area contributed by atoms with E-state index >= 15 is 0 Å². The van der Waals surface area contributed by atoms with Crippen molar-refractivity contribution in [3.63, 3.8) is 0 Å². The topological polar surface area (TPSA) is 24.9 Å². The van der Waals surface area contributed by atoms with Crippen LogP contribution in [0.4, 0.5) is 8.78 Å². The zero-order chi connectivity index (χ0) is 16.1. The molecular weight excluding hydrogens is 314 g/mol. The number of rotatable bonds is 6. The first-order chi connectivity index (χ1) is 11.2. The van der Waals surface area contributed by atoms with E-state index in [2.05, 4.69) is 10.3 Å². The summed E-state index contributed by atoms with van der Waals surface area (Å²) in [5.41, 5.74) is 1.67. The molecule has 0 spiro atoms. The van der Waals surface area contributed by atoms with E-state index in [1.165, 1.54) is 29.5 Å². The van der Waals surface area contributed by atoms with Crippen LogP contribution in [0.15, 0.2) is 54.7 Å². The largest absolute Gasteiger partial charge is 0.310 e. The van der Waals surface area contributed by atoms with E-state index < -0.39 is 0 Å². The van der Waals surface area contributed by atoms with Crippen LogP contribution in [0.1, 0.15) is 10.6 Å². The highest BCUT2D eigenvalue weighted by molar-refractivity contribution is 7.15. The van der Waals surface area contributed by atoms with E-state index in [0.717, 1.165) is 28.4 Å². The van der Waals surface area contributed by atoms with Gasteiger partial charge in [0.15, 0.2) is 0 Å². The van der Waals surface area contributed by atoms with Crippen molar-refractivity contribution in [2.75, 3.05) is 6.54 Å². The van der Waals surface area contributed by atoms with E-state index in [1.807, 2.05) is 6.07 Å². The standard InChI is InChI=1S/C18H16F2N2S/c19-14-7-5-13(6-8-14)9-10-21-12-18-22-11-17(23-18)15-3-1-2-4-16(15)20/h1-8,11,21H,9-10,12H2. The van der Waals surface area contributed by atoms with Crippen molar-refractivity contribution < 1.29 is 8.78 Å². The van der Waals surface area contributed by atoms with Crippen LogP contribution in [-0.2, 0) is 13.0 Å². The summed E-state index contributed by atoms with van der Waals surface area (Å²) in [6.45, 7) is 1.42. The van der Waals surface area contributed by atoms with E-state index in [-0.39, 0.29) is 11.6 Å². The second kappa shape index (κ2) is 7.44. The van der Waals surface area contributed by atoms with Crippen LogP contribution >= 0.6 is 11.3 Å². The van der Waals surface area contributed by atoms with E-state index in [1.54, 1.807) is 30.5 Å². The predicted octanol–water partition coefficient (Wildman–Crippen LogP) is 4.42. The minimum Gasteiger partial charge on any atom is -0.310 e. The van der Waals surface area contributed by atoms with Gasteiger partial charge in [-0.25, -0.2) is 13.8 Å². The summed E-state index contributed by atoms with van der Waals surface area (Å²) in [7, 11) is 0. The van der Waals surface area contributed by atoms with Gasteiger partial charge in [0.25, 0.3) is 0 Å². The highest BCUT2D eigenvalue weighted by Crippen LogP contribution is 2.28. The van der Waals surface area contributed by atoms with Crippen molar-refractivity contribution in [3.05, 3.63) is 76.9 Å². The molecule has 0 fully saturated rings. The quantitative estimate of drug-likeness (QED) is 0.677. The number of thiazole rings is 1. The van der Waals surface area contributed by atoms with Crippen molar-refractivity contribution >= 4 is 11.3 Å². The van der Waals surface area contributed by atoms with Crippen LogP contribution in [0, 0.1) is 11.6 Å². The first-order valence-corrected chi connectivity index (χ1v) is 8.19. The van der Waals surface area contributed by atoms with Crippen LogP contribution in [0.2, 0.25) is 0 Å². The summed E-state index contributed by atoms with van der Waals surface area (Å²) in [5.74, 6) is -0.447. The molecule has 3 aromatic rings. The number of benzene rings is 2. The Morgan fingerprint density at radius 3 is 2.57 bits per heavy atom. The van der Waals surface area contributed by atoms with E-state index in [9.17, 15) is 8.78 Å². The fourth-order valence-electron chi connectivity index (χ4n) is 2.26. The molecular formula is C18H16F2N2S. The molecule has 0 atom stereocenters. The molecule has 0 amide bonds. The molecule has 1 aromatic heterocycles. The summed E-state index contributed by atoms with van der Waals surface area (Å²) < 4.78 is 26.6. The van der Waals surface area contributed by atoms with E-state index in [0.29, 0.717) is 12.1 Å². The summed E-state index contributed by atoms with van der Waals surface area (Å²) in [4.78, 5) is 5.16. The van der Waals surface area contributed by atoms with Gasteiger partial charge < -0.3 is 5.32 Å². The highest BCUT2D eigenvalue weighted by Gasteiger charge is 2.08. The van der Waals surface area contributed by atoms with Crippen molar-refractivity contribution in [2.24, 2.45) is 0 Å². The maximum atomic E-state index is 13.7. The van der Waals surface area contributed by atoms with Crippen molar-refractivity contribution in [3.8, 4) is 10.4 Å². The molecule has 3 rings (SSSR count). The number of hydrogen-bond acceptors (Lipinski definition) is 3. The van der Waals surface area contributed by atoms with Gasteiger partial charge in [0.2, 0.25) is 0 Å². The Bertz CT molecular complexity index is 769. The molecule has 0 unspecified atom stereocenters. The van der Waals surface area contributed by atoms with Gasteiger partial charge in [0.05, 0.1) is 4.88 Å². The van der Waals surface area contributed by atoms with Crippen LogP contribution in [0.3, 0.4) is 0 Å². The lowest BCUT2D eigenvalue weighted by Gasteiger charge is -2.03. The normalized spacial score (nSPS) is 10.9. The average Bonchev–Trinajstić information content (AvgIpc) is 3.02. The van der Waals surface area contributed by atoms with Crippen LogP contribution in [0.25, 0.3) is 10.4 Å². The Morgan fingerprint density at radius 1 is 1.00 bits per heavy atom. The van der Waals surface area contributed by atoms with Gasteiger partial charge in [-0.1, -0.05) is 30.3 Å². The Balaban J connectivity index is 1.52. The minimum absolute atomic E-state index is 0.217. The SMILES string of the molecule is Fc1ccc(CCNCc2ncc(-c3ccccc3F)s2)cc1. The van der Waals surface area contributed by atoms with Gasteiger partial charge in [-0.15, -0.1) is 11.3 Å². The van der Waals surface area contributed by atoms with Gasteiger partial charge in [-0.05, 0) is 36.7 Å². The molecule has 0 aliphatic rings. The van der Waals surface area contributed by atoms with Crippen molar-refractivity contribution in [1.82, 2.24) is 10.3 Å². The molecule has 0 bridgehead atoms. The Labute approximate surface area is 137 Å². The zero-order valence-corrected chi connectivity index (χ0v) is 13.2. The molecule has 118 valence electrons. The first kappa shape index (κ1) is 15.8. The molecule has 0 radical (unpaired) electrons. The van der Waals surface area contributed by atoms with Crippen molar-refractivity contribution in [2.45, 2.75) is 13.0 Å². The van der Waals surface area contributed by atoms with Gasteiger partial charge in [0.1, 0.15) is 16.6 Å². The molecule has 5 heteroatoms. The predicted molar refractivity (Wildman–Crippen MR) is 89.3 cm³/mol. The van der Waals surface area contributed by atoms with Gasteiger partial charge in [-0.3, -0.25) is 0 Å². The minimum atomic E-state index is -0.230. The molecule has 0 aliphatic heterocycles. The molecule has 1 heterocycles. The van der Waals surface area contributed by atoms with Crippen LogP contribution in [0.5, 0.6) is 0 Å². The maximum Gasteiger partial charge on any atom is 0.131 e. The number of nitrogens with one attached hydrogen (secondary N) is 1. The van der Waals surface area contributed by atoms with Gasteiger partial charge in [0, 0.05) is 18.3 Å². The Morgan fingerprint density at radius 2 is 1.78 bits per heavy atom. The molecule has 23 heavy (non-hydrogen) atoms. The van der Waals surface area contributed by atoms with E-state index in [4.69, 9.17) is 0 Å². The fraction of sp³-hybridized carbons (Fsp3) is 0.167. The van der Waals surface area contributed by atoms with Gasteiger partial charge >= 0.3 is 0 Å². The second-order valence-corrected chi connectivity index (χ2v) is 6.27. The third-order valence-corrected chi connectivity index (χ3v) is 4.50. The molecule has 2 aromatic carbocycles. The number of hydrogen-bond donors (Lipinski definition) is 1. The lowest BCUT2D eigenvalue weighted by atomic mass is 10.1. The summed E-state index contributed by atoms with van der Waals surface area (Å²) in [5, 5.41) is 4.22. The second-order valence-electron chi connectivity index (χ2n) is 5.15. The molecule has 2 nitrogen and oxygen atoms in total. The molecule has 0 aliphatic carbocycles. The number of aromatic nitrogens is 1. The number of halogens is 2. The monoisotopic (exact) mass is 330 g/mol. The molecule has 1 N–H and O–H groups in total. The number of nitrogens with zero attached hydrogens (tertiary/aromatic N) is 1. The summed E-state index contributed by atoms with van der Waals surface area (Å²) >= 11 is 1.49. The van der Waals surface area contributed by atoms with Gasteiger partial charge in [-0.2, -0.15) is 0 Å². The smallest absolute Gasteiger partial charge is 0.131 e. The highest BCUT2D eigenvalue weighted by atomic mass is 32.1. The third kappa shape index (κ3) is 4.21. The average molecular weight is 330 g/mol. The molecule has 0 saturated heterocycles. The zero-order valence-electron chi connectivity index (χ0n) is 12.4. The molecule has 0 saturated carbocycles. The maximum absolute atomic E-state index is 13.7. The Hall–Kier alpha value is -2.11. The Kier molecular flexibility index (Phi) is 5.10. The summed E-state index contributed by atoms with van der Waals surface area (Å²) in [6.07, 6.45) is 2.53. The van der Waals surface area contributed by atoms with Crippen LogP contribution < -0.4 is 5.32 Å². The summed E-state index contributed by atoms with van der Waals surface area (Å²) in [6, 6.07) is 13.2. The fourth-order valence-corrected chi connectivity index (χ4v) is 3.17. The lowest BCUT2D eigenvalue weighted by Crippen LogP contribution is -2.16. The lowest BCUT2D eigenvalue weighted by molar-refractivity contribution is 0.626.